The second-order valence-corrected chi connectivity index (χ2v) is 6.65. The van der Waals surface area contributed by atoms with Crippen molar-refractivity contribution in [2.45, 2.75) is 33.4 Å². The molecule has 0 saturated heterocycles. The van der Waals surface area contributed by atoms with Gasteiger partial charge in [0.25, 0.3) is 5.91 Å². The highest BCUT2D eigenvalue weighted by Crippen LogP contribution is 2.08. The molecule has 0 bridgehead atoms. The molecule has 2 amide bonds. The van der Waals surface area contributed by atoms with Gasteiger partial charge in [-0.25, -0.2) is 4.39 Å². The third-order valence-electron chi connectivity index (χ3n) is 3.46. The van der Waals surface area contributed by atoms with Crippen molar-refractivity contribution in [3.05, 3.63) is 52.0 Å². The molecule has 1 atom stereocenters. The van der Waals surface area contributed by atoms with Crippen LogP contribution in [0.15, 0.2) is 40.8 Å². The zero-order valence-corrected chi connectivity index (χ0v) is 14.6. The van der Waals surface area contributed by atoms with Gasteiger partial charge in [-0.15, -0.1) is 11.3 Å². The summed E-state index contributed by atoms with van der Waals surface area (Å²) in [6.07, 6.45) is 1.76. The van der Waals surface area contributed by atoms with Crippen LogP contribution in [-0.4, -0.2) is 22.4 Å². The molecular formula is C17H20FN3O2S. The average molecular weight is 349 g/mol. The molecule has 2 rings (SSSR count). The number of thiazole rings is 1. The van der Waals surface area contributed by atoms with Gasteiger partial charge in [-0.2, -0.15) is 4.99 Å². The summed E-state index contributed by atoms with van der Waals surface area (Å²) in [5.74, 6) is -1.07. The van der Waals surface area contributed by atoms with Gasteiger partial charge in [-0.1, -0.05) is 32.0 Å². The lowest BCUT2D eigenvalue weighted by Gasteiger charge is -2.17. The van der Waals surface area contributed by atoms with E-state index in [1.807, 2.05) is 13.8 Å². The second kappa shape index (κ2) is 8.01. The summed E-state index contributed by atoms with van der Waals surface area (Å²) in [5.41, 5.74) is 0.520. The number of rotatable bonds is 5. The first-order valence-corrected chi connectivity index (χ1v) is 8.49. The Hall–Kier alpha value is -2.28. The molecule has 1 aromatic carbocycles. The normalized spacial score (nSPS) is 13.1. The fourth-order valence-corrected chi connectivity index (χ4v) is 2.95. The van der Waals surface area contributed by atoms with E-state index in [0.717, 1.165) is 0 Å². The maximum Gasteiger partial charge on any atom is 0.271 e. The highest BCUT2D eigenvalue weighted by molar-refractivity contribution is 7.07. The fraction of sp³-hybridized carbons (Fsp3) is 0.353. The van der Waals surface area contributed by atoms with Crippen LogP contribution in [0.25, 0.3) is 0 Å². The third-order valence-corrected chi connectivity index (χ3v) is 4.25. The van der Waals surface area contributed by atoms with E-state index < -0.39 is 11.9 Å². The minimum Gasteiger partial charge on any atom is -0.344 e. The topological polar surface area (TPSA) is 63.5 Å². The number of nitrogens with zero attached hydrogens (tertiary/aromatic N) is 2. The number of aromatic nitrogens is 1. The maximum atomic E-state index is 13.8. The van der Waals surface area contributed by atoms with Crippen LogP contribution in [0.3, 0.4) is 0 Å². The molecule has 0 spiro atoms. The van der Waals surface area contributed by atoms with Gasteiger partial charge in [-0.05, 0) is 12.0 Å². The fourth-order valence-electron chi connectivity index (χ4n) is 2.21. The number of hydrogen-bond acceptors (Lipinski definition) is 3. The van der Waals surface area contributed by atoms with Gasteiger partial charge in [0.2, 0.25) is 5.91 Å². The van der Waals surface area contributed by atoms with Crippen molar-refractivity contribution in [3.8, 4) is 0 Å². The lowest BCUT2D eigenvalue weighted by atomic mass is 10.0. The van der Waals surface area contributed by atoms with Crippen LogP contribution in [0.2, 0.25) is 0 Å². The first-order chi connectivity index (χ1) is 11.4. The van der Waals surface area contributed by atoms with Crippen LogP contribution in [0, 0.1) is 11.7 Å². The van der Waals surface area contributed by atoms with E-state index in [2.05, 4.69) is 10.3 Å². The van der Waals surface area contributed by atoms with Crippen molar-refractivity contribution < 1.29 is 14.0 Å². The first-order valence-electron chi connectivity index (χ1n) is 7.61. The van der Waals surface area contributed by atoms with Crippen molar-refractivity contribution in [2.24, 2.45) is 10.9 Å². The van der Waals surface area contributed by atoms with Gasteiger partial charge >= 0.3 is 0 Å². The Morgan fingerprint density at radius 2 is 2.04 bits per heavy atom. The lowest BCUT2D eigenvalue weighted by Crippen LogP contribution is -2.43. The molecule has 1 unspecified atom stereocenters. The molecule has 24 heavy (non-hydrogen) atoms. The van der Waals surface area contributed by atoms with Gasteiger partial charge in [0, 0.05) is 24.1 Å². The van der Waals surface area contributed by atoms with Gasteiger partial charge in [0.1, 0.15) is 11.9 Å². The zero-order chi connectivity index (χ0) is 17.7. The van der Waals surface area contributed by atoms with Crippen LogP contribution in [0.5, 0.6) is 0 Å². The smallest absolute Gasteiger partial charge is 0.271 e. The number of benzene rings is 1. The Labute approximate surface area is 143 Å². The standard InChI is InChI=1S/C17H20FN3O2S/c1-11(2)15(19-12(3)22)16(23)20-17-21(8-9-24-17)10-13-6-4-5-7-14(13)18/h4-9,11,15H,10H2,1-3H3,(H,19,22). The van der Waals surface area contributed by atoms with Crippen LogP contribution in [-0.2, 0) is 16.1 Å². The molecule has 0 fully saturated rings. The van der Waals surface area contributed by atoms with Crippen LogP contribution in [0.4, 0.5) is 4.39 Å². The molecule has 0 aliphatic rings. The van der Waals surface area contributed by atoms with Gasteiger partial charge in [0.15, 0.2) is 4.80 Å². The van der Waals surface area contributed by atoms with E-state index >= 15 is 0 Å². The SMILES string of the molecule is CC(=O)NC(C(=O)N=c1sccn1Cc1ccccc1F)C(C)C. The van der Waals surface area contributed by atoms with Crippen molar-refractivity contribution in [2.75, 3.05) is 0 Å². The minimum absolute atomic E-state index is 0.0786. The molecule has 0 aliphatic heterocycles. The van der Waals surface area contributed by atoms with Crippen LogP contribution >= 0.6 is 11.3 Å². The number of halogens is 1. The molecule has 1 heterocycles. The number of hydrogen-bond donors (Lipinski definition) is 1. The Morgan fingerprint density at radius 1 is 1.33 bits per heavy atom. The van der Waals surface area contributed by atoms with Crippen molar-refractivity contribution >= 4 is 23.2 Å². The average Bonchev–Trinajstić information content (AvgIpc) is 2.93. The number of carbonyl (C=O) groups is 2. The number of nitrogens with one attached hydrogen (secondary N) is 1. The number of carbonyl (C=O) groups excluding carboxylic acids is 2. The van der Waals surface area contributed by atoms with Gasteiger partial charge < -0.3 is 9.88 Å². The summed E-state index contributed by atoms with van der Waals surface area (Å²) >= 11 is 1.29. The molecule has 5 nitrogen and oxygen atoms in total. The van der Waals surface area contributed by atoms with E-state index in [4.69, 9.17) is 0 Å². The predicted octanol–water partition coefficient (Wildman–Crippen LogP) is 2.32. The molecule has 2 aromatic rings. The molecule has 128 valence electrons. The molecule has 1 aromatic heterocycles. The van der Waals surface area contributed by atoms with E-state index in [1.165, 1.54) is 24.3 Å². The van der Waals surface area contributed by atoms with Crippen LogP contribution < -0.4 is 10.1 Å². The third kappa shape index (κ3) is 4.61. The van der Waals surface area contributed by atoms with Gasteiger partial charge in [-0.3, -0.25) is 9.59 Å². The molecule has 0 aliphatic carbocycles. The number of amides is 2. The highest BCUT2D eigenvalue weighted by Gasteiger charge is 2.22. The van der Waals surface area contributed by atoms with Crippen molar-refractivity contribution in [1.82, 2.24) is 9.88 Å². The summed E-state index contributed by atoms with van der Waals surface area (Å²) in [6, 6.07) is 5.81. The minimum atomic E-state index is -0.675. The molecular weight excluding hydrogens is 329 g/mol. The molecule has 0 radical (unpaired) electrons. The highest BCUT2D eigenvalue weighted by atomic mass is 32.1. The Balaban J connectivity index is 2.28. The molecule has 1 N–H and O–H groups in total. The van der Waals surface area contributed by atoms with E-state index in [0.29, 0.717) is 10.4 Å². The Morgan fingerprint density at radius 3 is 2.67 bits per heavy atom. The summed E-state index contributed by atoms with van der Waals surface area (Å²) < 4.78 is 15.5. The summed E-state index contributed by atoms with van der Waals surface area (Å²) in [4.78, 5) is 28.3. The maximum absolute atomic E-state index is 13.8. The van der Waals surface area contributed by atoms with E-state index in [-0.39, 0.29) is 24.2 Å². The Bertz CT molecular complexity index is 795. The summed E-state index contributed by atoms with van der Waals surface area (Å²) in [5, 5.41) is 4.41. The summed E-state index contributed by atoms with van der Waals surface area (Å²) in [6.45, 7) is 5.34. The molecule has 7 heteroatoms. The van der Waals surface area contributed by atoms with Crippen molar-refractivity contribution in [3.63, 3.8) is 0 Å². The lowest BCUT2D eigenvalue weighted by molar-refractivity contribution is -0.127. The van der Waals surface area contributed by atoms with Crippen LogP contribution in [0.1, 0.15) is 26.3 Å². The molecule has 0 saturated carbocycles. The summed E-state index contributed by atoms with van der Waals surface area (Å²) in [7, 11) is 0. The monoisotopic (exact) mass is 349 g/mol. The largest absolute Gasteiger partial charge is 0.344 e. The van der Waals surface area contributed by atoms with E-state index in [1.54, 1.807) is 34.3 Å². The van der Waals surface area contributed by atoms with E-state index in [9.17, 15) is 14.0 Å². The van der Waals surface area contributed by atoms with Crippen molar-refractivity contribution in [1.29, 1.82) is 0 Å². The van der Waals surface area contributed by atoms with Gasteiger partial charge in [0.05, 0.1) is 6.54 Å². The predicted molar refractivity (Wildman–Crippen MR) is 90.8 cm³/mol. The second-order valence-electron chi connectivity index (χ2n) is 5.78. The Kier molecular flexibility index (Phi) is 6.03. The first kappa shape index (κ1) is 18.1. The quantitative estimate of drug-likeness (QED) is 0.900. The zero-order valence-electron chi connectivity index (χ0n) is 13.8.